The smallest absolute Gasteiger partial charge is 0.357 e. The van der Waals surface area contributed by atoms with E-state index in [1.807, 2.05) is 0 Å². The normalized spacial score (nSPS) is 16.9. The van der Waals surface area contributed by atoms with E-state index < -0.39 is 5.97 Å². The third-order valence-electron chi connectivity index (χ3n) is 2.48. The Morgan fingerprint density at radius 1 is 1.62 bits per heavy atom. The molecule has 0 bridgehead atoms. The van der Waals surface area contributed by atoms with Gasteiger partial charge in [0.25, 0.3) is 0 Å². The summed E-state index contributed by atoms with van der Waals surface area (Å²) in [5.74, 6) is -0.839. The molecular formula is C9H10ClN3O3. The van der Waals surface area contributed by atoms with Crippen molar-refractivity contribution in [3.05, 3.63) is 17.0 Å². The van der Waals surface area contributed by atoms with Gasteiger partial charge in [0.05, 0.1) is 18.3 Å². The molecule has 0 atom stereocenters. The summed E-state index contributed by atoms with van der Waals surface area (Å²) in [6.07, 6.45) is 3.00. The molecule has 1 heterocycles. The standard InChI is InChI=1S/C9H10ClN3O3/c10-7-6(8(15)16)11-3-5(12-7)13-9(4-14)1-2-9/h3,14H,1-2,4H2,(H,12,13)(H,15,16). The van der Waals surface area contributed by atoms with Gasteiger partial charge in [-0.2, -0.15) is 0 Å². The molecule has 0 radical (unpaired) electrons. The lowest BCUT2D eigenvalue weighted by molar-refractivity contribution is 0.0690. The van der Waals surface area contributed by atoms with Gasteiger partial charge >= 0.3 is 5.97 Å². The number of carboxylic acid groups (broad SMARTS) is 1. The SMILES string of the molecule is O=C(O)c1ncc(NC2(CO)CC2)nc1Cl. The average molecular weight is 244 g/mol. The summed E-state index contributed by atoms with van der Waals surface area (Å²) < 4.78 is 0. The molecule has 0 aromatic carbocycles. The third kappa shape index (κ3) is 2.07. The molecule has 1 saturated carbocycles. The molecule has 1 aromatic rings. The maximum absolute atomic E-state index is 10.6. The summed E-state index contributed by atoms with van der Waals surface area (Å²) in [5.41, 5.74) is -0.607. The number of nitrogens with zero attached hydrogens (tertiary/aromatic N) is 2. The van der Waals surface area contributed by atoms with Crippen LogP contribution in [0.1, 0.15) is 23.3 Å². The van der Waals surface area contributed by atoms with Gasteiger partial charge in [-0.25, -0.2) is 14.8 Å². The highest BCUT2D eigenvalue weighted by molar-refractivity contribution is 6.32. The predicted molar refractivity (Wildman–Crippen MR) is 56.7 cm³/mol. The number of halogens is 1. The first-order valence-electron chi connectivity index (χ1n) is 4.71. The van der Waals surface area contributed by atoms with E-state index in [2.05, 4.69) is 15.3 Å². The fraction of sp³-hybridized carbons (Fsp3) is 0.444. The van der Waals surface area contributed by atoms with Gasteiger partial charge in [-0.1, -0.05) is 11.6 Å². The Labute approximate surface area is 96.3 Å². The molecule has 1 aliphatic rings. The van der Waals surface area contributed by atoms with Crippen LogP contribution in [-0.2, 0) is 0 Å². The van der Waals surface area contributed by atoms with Crippen LogP contribution in [0.2, 0.25) is 5.15 Å². The monoisotopic (exact) mass is 243 g/mol. The summed E-state index contributed by atoms with van der Waals surface area (Å²) in [7, 11) is 0. The van der Waals surface area contributed by atoms with E-state index in [4.69, 9.17) is 21.8 Å². The van der Waals surface area contributed by atoms with E-state index >= 15 is 0 Å². The van der Waals surface area contributed by atoms with Gasteiger partial charge in [-0.15, -0.1) is 0 Å². The molecule has 86 valence electrons. The largest absolute Gasteiger partial charge is 0.476 e. The summed E-state index contributed by atoms with van der Waals surface area (Å²) in [6.45, 7) is 0.00693. The van der Waals surface area contributed by atoms with Crippen LogP contribution in [0.3, 0.4) is 0 Å². The molecule has 3 N–H and O–H groups in total. The molecule has 1 aliphatic carbocycles. The van der Waals surface area contributed by atoms with Crippen molar-refractivity contribution in [3.63, 3.8) is 0 Å². The van der Waals surface area contributed by atoms with Crippen LogP contribution in [0.4, 0.5) is 5.82 Å². The quantitative estimate of drug-likeness (QED) is 0.723. The van der Waals surface area contributed by atoms with Gasteiger partial charge < -0.3 is 15.5 Å². The van der Waals surface area contributed by atoms with E-state index in [9.17, 15) is 4.79 Å². The lowest BCUT2D eigenvalue weighted by atomic mass is 10.3. The molecule has 1 aromatic heterocycles. The molecule has 0 amide bonds. The van der Waals surface area contributed by atoms with E-state index in [1.165, 1.54) is 6.20 Å². The number of carboxylic acids is 1. The fourth-order valence-corrected chi connectivity index (χ4v) is 1.54. The van der Waals surface area contributed by atoms with E-state index in [0.717, 1.165) is 12.8 Å². The summed E-state index contributed by atoms with van der Waals surface area (Å²) in [4.78, 5) is 18.2. The van der Waals surface area contributed by atoms with Crippen molar-refractivity contribution in [1.82, 2.24) is 9.97 Å². The second-order valence-corrected chi connectivity index (χ2v) is 4.12. The Bertz CT molecular complexity index is 434. The predicted octanol–water partition coefficient (Wildman–Crippen LogP) is 0.765. The van der Waals surface area contributed by atoms with Crippen molar-refractivity contribution in [1.29, 1.82) is 0 Å². The fourth-order valence-electron chi connectivity index (χ4n) is 1.32. The van der Waals surface area contributed by atoms with Gasteiger partial charge in [-0.3, -0.25) is 0 Å². The Hall–Kier alpha value is -1.40. The van der Waals surface area contributed by atoms with Crippen molar-refractivity contribution in [3.8, 4) is 0 Å². The number of anilines is 1. The first-order valence-corrected chi connectivity index (χ1v) is 5.09. The molecular weight excluding hydrogens is 234 g/mol. The summed E-state index contributed by atoms with van der Waals surface area (Å²) in [6, 6.07) is 0. The second kappa shape index (κ2) is 3.88. The first kappa shape index (κ1) is 11.1. The Kier molecular flexibility index (Phi) is 2.69. The van der Waals surface area contributed by atoms with Crippen molar-refractivity contribution >= 4 is 23.4 Å². The van der Waals surface area contributed by atoms with E-state index in [0.29, 0.717) is 5.82 Å². The van der Waals surface area contributed by atoms with Crippen LogP contribution in [-0.4, -0.2) is 38.3 Å². The maximum atomic E-state index is 10.6. The van der Waals surface area contributed by atoms with Gasteiger partial charge in [0.15, 0.2) is 10.8 Å². The van der Waals surface area contributed by atoms with Gasteiger partial charge in [-0.05, 0) is 12.8 Å². The minimum atomic E-state index is -1.22. The Balaban J connectivity index is 2.18. The van der Waals surface area contributed by atoms with Crippen LogP contribution in [0.15, 0.2) is 6.20 Å². The molecule has 1 fully saturated rings. The zero-order valence-electron chi connectivity index (χ0n) is 8.27. The second-order valence-electron chi connectivity index (χ2n) is 3.76. The number of carbonyl (C=O) groups is 1. The van der Waals surface area contributed by atoms with Crippen LogP contribution < -0.4 is 5.32 Å². The maximum Gasteiger partial charge on any atom is 0.357 e. The third-order valence-corrected chi connectivity index (χ3v) is 2.75. The van der Waals surface area contributed by atoms with Gasteiger partial charge in [0.2, 0.25) is 0 Å². The number of rotatable bonds is 4. The minimum absolute atomic E-state index is 0.00693. The summed E-state index contributed by atoms with van der Waals surface area (Å²) in [5, 5.41) is 20.6. The highest BCUT2D eigenvalue weighted by Crippen LogP contribution is 2.37. The van der Waals surface area contributed by atoms with Crippen molar-refractivity contribution in [2.45, 2.75) is 18.4 Å². The van der Waals surface area contributed by atoms with Gasteiger partial charge in [0.1, 0.15) is 5.82 Å². The average Bonchev–Trinajstić information content (AvgIpc) is 2.98. The number of aliphatic hydroxyl groups is 1. The molecule has 7 heteroatoms. The lowest BCUT2D eigenvalue weighted by Crippen LogP contribution is -2.26. The van der Waals surface area contributed by atoms with Crippen LogP contribution >= 0.6 is 11.6 Å². The Morgan fingerprint density at radius 2 is 2.31 bits per heavy atom. The first-order chi connectivity index (χ1) is 7.56. The molecule has 0 aliphatic heterocycles. The van der Waals surface area contributed by atoms with Gasteiger partial charge in [0, 0.05) is 0 Å². The van der Waals surface area contributed by atoms with Crippen molar-refractivity contribution < 1.29 is 15.0 Å². The van der Waals surface area contributed by atoms with Crippen LogP contribution in [0.5, 0.6) is 0 Å². The number of nitrogens with one attached hydrogen (secondary N) is 1. The molecule has 16 heavy (non-hydrogen) atoms. The van der Waals surface area contributed by atoms with Crippen molar-refractivity contribution in [2.75, 3.05) is 11.9 Å². The van der Waals surface area contributed by atoms with E-state index in [1.54, 1.807) is 0 Å². The Morgan fingerprint density at radius 3 is 2.75 bits per heavy atom. The number of hydrogen-bond donors (Lipinski definition) is 3. The minimum Gasteiger partial charge on any atom is -0.476 e. The lowest BCUT2D eigenvalue weighted by Gasteiger charge is -2.14. The zero-order chi connectivity index (χ0) is 11.8. The van der Waals surface area contributed by atoms with E-state index in [-0.39, 0.29) is 23.0 Å². The molecule has 2 rings (SSSR count). The highest BCUT2D eigenvalue weighted by atomic mass is 35.5. The molecule has 6 nitrogen and oxygen atoms in total. The van der Waals surface area contributed by atoms with Crippen LogP contribution in [0.25, 0.3) is 0 Å². The zero-order valence-corrected chi connectivity index (χ0v) is 9.03. The summed E-state index contributed by atoms with van der Waals surface area (Å²) >= 11 is 5.66. The highest BCUT2D eigenvalue weighted by Gasteiger charge is 2.42. The molecule has 0 unspecified atom stereocenters. The van der Waals surface area contributed by atoms with Crippen LogP contribution in [0, 0.1) is 0 Å². The van der Waals surface area contributed by atoms with Crippen molar-refractivity contribution in [2.24, 2.45) is 0 Å². The molecule has 0 saturated heterocycles. The molecule has 0 spiro atoms. The number of aromatic carboxylic acids is 1. The number of aliphatic hydroxyl groups excluding tert-OH is 1. The number of aromatic nitrogens is 2. The number of hydrogen-bond acceptors (Lipinski definition) is 5. The topological polar surface area (TPSA) is 95.3 Å².